The van der Waals surface area contributed by atoms with E-state index < -0.39 is 5.97 Å². The maximum absolute atomic E-state index is 10.9. The lowest BCUT2D eigenvalue weighted by atomic mass is 9.71. The Labute approximate surface area is 144 Å². The molecule has 0 amide bonds. The number of carboxylic acid groups (broad SMARTS) is 1. The van der Waals surface area contributed by atoms with E-state index >= 15 is 0 Å². The predicted molar refractivity (Wildman–Crippen MR) is 90.6 cm³/mol. The molecule has 2 N–H and O–H groups in total. The van der Waals surface area contributed by atoms with Gasteiger partial charge in [0.2, 0.25) is 0 Å². The number of carbonyl (C=O) groups excluding carboxylic acids is 2. The zero-order valence-corrected chi connectivity index (χ0v) is 14.6. The second-order valence-corrected chi connectivity index (χ2v) is 6.48. The number of H-pyrrole nitrogens is 1. The minimum absolute atomic E-state index is 0.00223. The number of aromatic amines is 1. The number of pyridine rings is 1. The van der Waals surface area contributed by atoms with Gasteiger partial charge >= 0.3 is 0 Å². The Balaban J connectivity index is 0.000000400. The summed E-state index contributed by atoms with van der Waals surface area (Å²) in [6, 6.07) is 5.86. The van der Waals surface area contributed by atoms with E-state index in [2.05, 4.69) is 10.3 Å². The van der Waals surface area contributed by atoms with Crippen LogP contribution in [-0.4, -0.2) is 18.3 Å². The number of hydrogen-bond acceptors (Lipinski definition) is 4. The third-order valence-electron chi connectivity index (χ3n) is 4.20. The van der Waals surface area contributed by atoms with Gasteiger partial charge in [0.25, 0.3) is 0 Å². The van der Waals surface area contributed by atoms with E-state index in [1.807, 2.05) is 37.5 Å². The summed E-state index contributed by atoms with van der Waals surface area (Å²) in [5.41, 5.74) is 0.592. The summed E-state index contributed by atoms with van der Waals surface area (Å²) in [5, 5.41) is 14.1. The fourth-order valence-corrected chi connectivity index (χ4v) is 3.05. The molecule has 0 aliphatic heterocycles. The molecular weight excluding hydrogens is 304 g/mol. The number of rotatable bonds is 6. The molecule has 1 fully saturated rings. The zero-order valence-electron chi connectivity index (χ0n) is 14.6. The number of hydrogen-bond donors (Lipinski definition) is 1. The smallest absolute Gasteiger partial charge is 0.166 e. The van der Waals surface area contributed by atoms with Crippen molar-refractivity contribution in [3.63, 3.8) is 0 Å². The molecule has 24 heavy (non-hydrogen) atoms. The van der Waals surface area contributed by atoms with Crippen molar-refractivity contribution in [2.75, 3.05) is 6.54 Å². The molecule has 0 aromatic carbocycles. The van der Waals surface area contributed by atoms with Crippen LogP contribution in [0.25, 0.3) is 0 Å². The third-order valence-corrected chi connectivity index (χ3v) is 4.20. The van der Waals surface area contributed by atoms with Crippen molar-refractivity contribution in [2.24, 2.45) is 5.41 Å². The number of allylic oxidation sites excluding steroid dienone is 2. The van der Waals surface area contributed by atoms with E-state index in [0.29, 0.717) is 6.54 Å². The van der Waals surface area contributed by atoms with Gasteiger partial charge in [0.1, 0.15) is 0 Å². The molecule has 1 saturated carbocycles. The number of carboxylic acids is 1. The van der Waals surface area contributed by atoms with Gasteiger partial charge in [0.15, 0.2) is 18.2 Å². The molecule has 0 saturated heterocycles. The van der Waals surface area contributed by atoms with Crippen molar-refractivity contribution in [1.29, 1.82) is 0 Å². The van der Waals surface area contributed by atoms with Crippen molar-refractivity contribution < 1.29 is 19.7 Å². The lowest BCUT2D eigenvalue weighted by Gasteiger charge is -2.38. The van der Waals surface area contributed by atoms with Crippen LogP contribution in [0.4, 0.5) is 0 Å². The van der Waals surface area contributed by atoms with Gasteiger partial charge in [-0.2, -0.15) is 0 Å². The summed E-state index contributed by atoms with van der Waals surface area (Å²) >= 11 is 0. The summed E-state index contributed by atoms with van der Waals surface area (Å²) in [6.45, 7) is 3.94. The van der Waals surface area contributed by atoms with Crippen molar-refractivity contribution in [3.05, 3.63) is 42.4 Å². The van der Waals surface area contributed by atoms with E-state index in [-0.39, 0.29) is 17.6 Å². The monoisotopic (exact) mass is 332 g/mol. The highest BCUT2D eigenvalue weighted by atomic mass is 16.4. The molecule has 0 spiro atoms. The van der Waals surface area contributed by atoms with Crippen LogP contribution < -0.4 is 15.4 Å². The van der Waals surface area contributed by atoms with Crippen LogP contribution in [0.3, 0.4) is 0 Å². The fourth-order valence-electron chi connectivity index (χ4n) is 3.05. The number of carbonyl (C=O) groups is 2. The maximum Gasteiger partial charge on any atom is 0.166 e. The molecule has 132 valence electrons. The first kappa shape index (κ1) is 19.9. The summed E-state index contributed by atoms with van der Waals surface area (Å²) in [7, 11) is 0. The Morgan fingerprint density at radius 2 is 1.75 bits per heavy atom. The maximum atomic E-state index is 10.9. The van der Waals surface area contributed by atoms with E-state index in [1.54, 1.807) is 0 Å². The predicted octanol–water partition coefficient (Wildman–Crippen LogP) is 1.66. The largest absolute Gasteiger partial charge is 0.550 e. The lowest BCUT2D eigenvalue weighted by molar-refractivity contribution is -0.378. The topological polar surface area (TPSA) is 83.4 Å². The minimum atomic E-state index is -0.980. The molecule has 1 aliphatic carbocycles. The Bertz CT molecular complexity index is 508. The molecule has 5 heteroatoms. The van der Waals surface area contributed by atoms with Crippen LogP contribution >= 0.6 is 0 Å². The molecule has 1 heterocycles. The van der Waals surface area contributed by atoms with Crippen molar-refractivity contribution >= 4 is 11.8 Å². The highest BCUT2D eigenvalue weighted by molar-refractivity contribution is 5.87. The molecule has 0 atom stereocenters. The zero-order chi connectivity index (χ0) is 17.8. The highest BCUT2D eigenvalue weighted by Gasteiger charge is 2.31. The summed E-state index contributed by atoms with van der Waals surface area (Å²) in [4.78, 5) is 24.7. The summed E-state index contributed by atoms with van der Waals surface area (Å²) in [6.07, 6.45) is 10.6. The van der Waals surface area contributed by atoms with E-state index in [0.717, 1.165) is 31.4 Å². The Morgan fingerprint density at radius 1 is 1.12 bits per heavy atom. The van der Waals surface area contributed by atoms with Crippen LogP contribution in [-0.2, 0) is 9.59 Å². The highest BCUT2D eigenvalue weighted by Crippen LogP contribution is 2.38. The Hall–Kier alpha value is -2.17. The lowest BCUT2D eigenvalue weighted by Crippen LogP contribution is -2.40. The van der Waals surface area contributed by atoms with Crippen LogP contribution in [0.1, 0.15) is 52.4 Å². The molecule has 1 aromatic heterocycles. The normalized spacial score (nSPS) is 16.5. The SMILES string of the molecule is CC(=O)C=C(C)NCC1(CC(=O)[O-])CCCCC1.c1cc[nH+]cc1. The van der Waals surface area contributed by atoms with Crippen molar-refractivity contribution in [2.45, 2.75) is 52.4 Å². The summed E-state index contributed by atoms with van der Waals surface area (Å²) in [5.74, 6) is -0.982. The number of aromatic nitrogens is 1. The van der Waals surface area contributed by atoms with E-state index in [4.69, 9.17) is 0 Å². The first-order valence-corrected chi connectivity index (χ1v) is 8.47. The quantitative estimate of drug-likeness (QED) is 0.803. The average Bonchev–Trinajstić information content (AvgIpc) is 2.55. The Morgan fingerprint density at radius 3 is 2.17 bits per heavy atom. The second-order valence-electron chi connectivity index (χ2n) is 6.48. The molecule has 5 nitrogen and oxygen atoms in total. The molecule has 1 aromatic rings. The molecule has 1 aliphatic rings. The van der Waals surface area contributed by atoms with Gasteiger partial charge in [-0.05, 0) is 44.6 Å². The van der Waals surface area contributed by atoms with Gasteiger partial charge < -0.3 is 15.2 Å². The van der Waals surface area contributed by atoms with Crippen LogP contribution in [0.2, 0.25) is 0 Å². The number of nitrogens with one attached hydrogen (secondary N) is 2. The van der Waals surface area contributed by atoms with Crippen LogP contribution in [0.15, 0.2) is 42.4 Å². The minimum Gasteiger partial charge on any atom is -0.550 e. The van der Waals surface area contributed by atoms with Gasteiger partial charge in [-0.15, -0.1) is 0 Å². The first-order valence-electron chi connectivity index (χ1n) is 8.47. The molecule has 2 rings (SSSR count). The van der Waals surface area contributed by atoms with Gasteiger partial charge in [0.05, 0.1) is 0 Å². The number of ketones is 1. The molecular formula is C19H28N2O3. The van der Waals surface area contributed by atoms with Crippen LogP contribution in [0.5, 0.6) is 0 Å². The van der Waals surface area contributed by atoms with E-state index in [1.165, 1.54) is 19.4 Å². The van der Waals surface area contributed by atoms with Gasteiger partial charge in [-0.3, -0.25) is 4.79 Å². The third kappa shape index (κ3) is 8.46. The first-order chi connectivity index (χ1) is 11.4. The van der Waals surface area contributed by atoms with Gasteiger partial charge in [-0.1, -0.05) is 25.3 Å². The summed E-state index contributed by atoms with van der Waals surface area (Å²) < 4.78 is 0. The average molecular weight is 332 g/mol. The van der Waals surface area contributed by atoms with E-state index in [9.17, 15) is 14.7 Å². The number of aliphatic carboxylic acids is 1. The van der Waals surface area contributed by atoms with Gasteiger partial charge in [-0.25, -0.2) is 4.98 Å². The van der Waals surface area contributed by atoms with Crippen molar-refractivity contribution in [1.82, 2.24) is 5.32 Å². The fraction of sp³-hybridized carbons (Fsp3) is 0.526. The Kier molecular flexibility index (Phi) is 8.76. The molecule has 0 radical (unpaired) electrons. The van der Waals surface area contributed by atoms with Crippen molar-refractivity contribution in [3.8, 4) is 0 Å². The second kappa shape index (κ2) is 10.6. The molecule has 0 bridgehead atoms. The van der Waals surface area contributed by atoms with Gasteiger partial charge in [0, 0.05) is 30.3 Å². The standard InChI is InChI=1S/C14H23NO3.C5H5N/c1-11(8-12(2)16)15-10-14(9-13(17)18)6-4-3-5-7-14;1-2-4-6-5-3-1/h8,15H,3-7,9-10H2,1-2H3,(H,17,18);1-5H. The molecule has 0 unspecified atom stereocenters. The van der Waals surface area contributed by atoms with Crippen LogP contribution in [0, 0.1) is 5.41 Å².